The fourth-order valence-electron chi connectivity index (χ4n) is 2.34. The number of halogens is 1. The molecule has 0 atom stereocenters. The molecule has 0 saturated carbocycles. The minimum atomic E-state index is 0.527. The molecule has 0 N–H and O–H groups in total. The Bertz CT molecular complexity index is 773. The van der Waals surface area contributed by atoms with E-state index in [1.54, 1.807) is 6.21 Å². The Morgan fingerprint density at radius 3 is 2.50 bits per heavy atom. The SMILES string of the molecule is CCO/N=C\c1cc(-c2ccc(Cl)cc2)n(-c2ccc(C)cc2)n1. The summed E-state index contributed by atoms with van der Waals surface area (Å²) in [5.41, 5.74) is 4.92. The second-order valence-electron chi connectivity index (χ2n) is 5.36. The third-order valence-corrected chi connectivity index (χ3v) is 3.79. The maximum atomic E-state index is 6.00. The van der Waals surface area contributed by atoms with Crippen molar-refractivity contribution in [1.82, 2.24) is 9.78 Å². The molecule has 122 valence electrons. The molecule has 0 bridgehead atoms. The summed E-state index contributed by atoms with van der Waals surface area (Å²) in [6.45, 7) is 4.48. The van der Waals surface area contributed by atoms with Crippen LogP contribution in [0.25, 0.3) is 16.9 Å². The molecule has 0 aliphatic rings. The van der Waals surface area contributed by atoms with E-state index in [-0.39, 0.29) is 0 Å². The molecule has 3 aromatic rings. The van der Waals surface area contributed by atoms with Crippen LogP contribution in [0.4, 0.5) is 0 Å². The van der Waals surface area contributed by atoms with Crippen LogP contribution >= 0.6 is 11.6 Å². The van der Waals surface area contributed by atoms with E-state index < -0.39 is 0 Å². The molecule has 24 heavy (non-hydrogen) atoms. The molecule has 1 aromatic heterocycles. The number of aryl methyl sites for hydroxylation is 1. The van der Waals surface area contributed by atoms with Crippen LogP contribution in [-0.2, 0) is 4.84 Å². The topological polar surface area (TPSA) is 39.4 Å². The van der Waals surface area contributed by atoms with Crippen molar-refractivity contribution in [3.05, 3.63) is 70.9 Å². The second kappa shape index (κ2) is 7.32. The van der Waals surface area contributed by atoms with Crippen molar-refractivity contribution in [2.45, 2.75) is 13.8 Å². The number of rotatable bonds is 5. The zero-order valence-corrected chi connectivity index (χ0v) is 14.4. The molecular weight excluding hydrogens is 322 g/mol. The van der Waals surface area contributed by atoms with Crippen LogP contribution in [0.1, 0.15) is 18.2 Å². The quantitative estimate of drug-likeness (QED) is 0.491. The first-order valence-electron chi connectivity index (χ1n) is 7.76. The lowest BCUT2D eigenvalue weighted by molar-refractivity contribution is 0.160. The molecule has 0 radical (unpaired) electrons. The van der Waals surface area contributed by atoms with Gasteiger partial charge in [-0.3, -0.25) is 0 Å². The second-order valence-corrected chi connectivity index (χ2v) is 5.80. The van der Waals surface area contributed by atoms with Crippen LogP contribution in [0.2, 0.25) is 5.02 Å². The summed E-state index contributed by atoms with van der Waals surface area (Å²) in [7, 11) is 0. The molecule has 0 fully saturated rings. The van der Waals surface area contributed by atoms with Gasteiger partial charge in [0.05, 0.1) is 17.6 Å². The molecule has 0 amide bonds. The van der Waals surface area contributed by atoms with Gasteiger partial charge in [0.2, 0.25) is 0 Å². The number of benzene rings is 2. The van der Waals surface area contributed by atoms with Crippen LogP contribution in [0.5, 0.6) is 0 Å². The fourth-order valence-corrected chi connectivity index (χ4v) is 2.46. The fraction of sp³-hybridized carbons (Fsp3) is 0.158. The Balaban J connectivity index is 2.07. The van der Waals surface area contributed by atoms with Crippen molar-refractivity contribution in [1.29, 1.82) is 0 Å². The maximum absolute atomic E-state index is 6.00. The smallest absolute Gasteiger partial charge is 0.114 e. The number of aromatic nitrogens is 2. The highest BCUT2D eigenvalue weighted by atomic mass is 35.5. The number of hydrogen-bond acceptors (Lipinski definition) is 3. The first-order valence-corrected chi connectivity index (χ1v) is 8.13. The molecule has 3 rings (SSSR count). The number of hydrogen-bond donors (Lipinski definition) is 0. The monoisotopic (exact) mass is 339 g/mol. The van der Waals surface area contributed by atoms with Crippen molar-refractivity contribution in [3.8, 4) is 16.9 Å². The average Bonchev–Trinajstić information content (AvgIpc) is 3.01. The lowest BCUT2D eigenvalue weighted by Crippen LogP contribution is -1.99. The van der Waals surface area contributed by atoms with Crippen LogP contribution < -0.4 is 0 Å². The molecular formula is C19H18ClN3O. The summed E-state index contributed by atoms with van der Waals surface area (Å²) in [4.78, 5) is 5.03. The van der Waals surface area contributed by atoms with E-state index in [0.717, 1.165) is 22.6 Å². The van der Waals surface area contributed by atoms with Gasteiger partial charge in [0, 0.05) is 10.6 Å². The largest absolute Gasteiger partial charge is 0.396 e. The van der Waals surface area contributed by atoms with Crippen molar-refractivity contribution in [3.63, 3.8) is 0 Å². The summed E-state index contributed by atoms with van der Waals surface area (Å²) in [6.07, 6.45) is 1.62. The minimum absolute atomic E-state index is 0.527. The van der Waals surface area contributed by atoms with Crippen LogP contribution in [0.15, 0.2) is 59.8 Å². The Labute approximate surface area is 146 Å². The molecule has 0 aliphatic carbocycles. The standard InChI is InChI=1S/C19H18ClN3O/c1-3-24-21-13-17-12-19(15-6-8-16(20)9-7-15)23(22-17)18-10-4-14(2)5-11-18/h4-13H,3H2,1-2H3/b21-13-. The number of oxime groups is 1. The van der Waals surface area contributed by atoms with Gasteiger partial charge in [-0.1, -0.05) is 46.6 Å². The van der Waals surface area contributed by atoms with Gasteiger partial charge in [-0.2, -0.15) is 5.10 Å². The Kier molecular flexibility index (Phi) is 4.96. The van der Waals surface area contributed by atoms with Gasteiger partial charge in [0.15, 0.2) is 0 Å². The van der Waals surface area contributed by atoms with E-state index in [9.17, 15) is 0 Å². The van der Waals surface area contributed by atoms with E-state index in [4.69, 9.17) is 16.4 Å². The van der Waals surface area contributed by atoms with Crippen molar-refractivity contribution < 1.29 is 4.84 Å². The minimum Gasteiger partial charge on any atom is -0.396 e. The van der Waals surface area contributed by atoms with Crippen molar-refractivity contribution >= 4 is 17.8 Å². The molecule has 1 heterocycles. The average molecular weight is 340 g/mol. The maximum Gasteiger partial charge on any atom is 0.114 e. The lowest BCUT2D eigenvalue weighted by Gasteiger charge is -2.08. The van der Waals surface area contributed by atoms with Gasteiger partial charge in [0.1, 0.15) is 12.3 Å². The van der Waals surface area contributed by atoms with E-state index >= 15 is 0 Å². The van der Waals surface area contributed by atoms with Crippen LogP contribution in [-0.4, -0.2) is 22.6 Å². The highest BCUT2D eigenvalue weighted by Gasteiger charge is 2.11. The molecule has 0 aliphatic heterocycles. The van der Waals surface area contributed by atoms with Gasteiger partial charge in [-0.25, -0.2) is 4.68 Å². The molecule has 0 unspecified atom stereocenters. The predicted molar refractivity (Wildman–Crippen MR) is 98.0 cm³/mol. The predicted octanol–water partition coefficient (Wildman–Crippen LogP) is 4.87. The van der Waals surface area contributed by atoms with E-state index in [2.05, 4.69) is 29.3 Å². The van der Waals surface area contributed by atoms with E-state index in [1.807, 2.05) is 54.1 Å². The van der Waals surface area contributed by atoms with E-state index in [0.29, 0.717) is 11.6 Å². The summed E-state index contributed by atoms with van der Waals surface area (Å²) in [5, 5.41) is 9.25. The number of nitrogens with zero attached hydrogens (tertiary/aromatic N) is 3. The Morgan fingerprint density at radius 2 is 1.83 bits per heavy atom. The highest BCUT2D eigenvalue weighted by Crippen LogP contribution is 2.25. The highest BCUT2D eigenvalue weighted by molar-refractivity contribution is 6.30. The van der Waals surface area contributed by atoms with Crippen LogP contribution in [0.3, 0.4) is 0 Å². The first-order chi connectivity index (χ1) is 11.7. The third kappa shape index (κ3) is 3.66. The molecule has 4 nitrogen and oxygen atoms in total. The summed E-state index contributed by atoms with van der Waals surface area (Å²) >= 11 is 6.00. The normalized spacial score (nSPS) is 11.1. The molecule has 5 heteroatoms. The van der Waals surface area contributed by atoms with Gasteiger partial charge >= 0.3 is 0 Å². The Hall–Kier alpha value is -2.59. The van der Waals surface area contributed by atoms with Gasteiger partial charge in [0.25, 0.3) is 0 Å². The van der Waals surface area contributed by atoms with E-state index in [1.165, 1.54) is 5.56 Å². The lowest BCUT2D eigenvalue weighted by atomic mass is 10.1. The molecule has 0 spiro atoms. The van der Waals surface area contributed by atoms with Gasteiger partial charge in [-0.15, -0.1) is 0 Å². The summed E-state index contributed by atoms with van der Waals surface area (Å²) in [6, 6.07) is 17.9. The summed E-state index contributed by atoms with van der Waals surface area (Å²) < 4.78 is 1.90. The van der Waals surface area contributed by atoms with Gasteiger partial charge < -0.3 is 4.84 Å². The van der Waals surface area contributed by atoms with Crippen molar-refractivity contribution in [2.24, 2.45) is 5.16 Å². The van der Waals surface area contributed by atoms with Crippen molar-refractivity contribution in [2.75, 3.05) is 6.61 Å². The molecule has 0 saturated heterocycles. The Morgan fingerprint density at radius 1 is 1.12 bits per heavy atom. The first kappa shape index (κ1) is 16.3. The zero-order chi connectivity index (χ0) is 16.9. The molecule has 2 aromatic carbocycles. The zero-order valence-electron chi connectivity index (χ0n) is 13.6. The van der Waals surface area contributed by atoms with Crippen LogP contribution in [0, 0.1) is 6.92 Å². The van der Waals surface area contributed by atoms with Gasteiger partial charge in [-0.05, 0) is 44.2 Å². The summed E-state index contributed by atoms with van der Waals surface area (Å²) in [5.74, 6) is 0. The third-order valence-electron chi connectivity index (χ3n) is 3.54.